The normalized spacial score (nSPS) is 12.1. The standard InChI is InChI=1S/C49H94O6/c1-6-7-8-9-10-11-12-13-14-15-16-17-18-19-20-21-22-29-34-39-47(50)53-42-46(55-49(52)41-36-31-26-24-28-33-38-45(4)5)43-54-48(51)40-35-30-25-23-27-32-37-44(2)3/h44-46H,6-43H2,1-5H3/t46-/m1/s1. The lowest BCUT2D eigenvalue weighted by atomic mass is 10.0. The molecule has 1 atom stereocenters. The first-order chi connectivity index (χ1) is 26.7. The van der Waals surface area contributed by atoms with Crippen molar-refractivity contribution in [3.8, 4) is 0 Å². The Morgan fingerprint density at radius 2 is 0.600 bits per heavy atom. The molecule has 0 radical (unpaired) electrons. The molecule has 0 unspecified atom stereocenters. The van der Waals surface area contributed by atoms with Crippen molar-refractivity contribution in [1.82, 2.24) is 0 Å². The molecule has 0 amide bonds. The van der Waals surface area contributed by atoms with E-state index in [0.717, 1.165) is 69.6 Å². The average molecular weight is 779 g/mol. The highest BCUT2D eigenvalue weighted by Crippen LogP contribution is 2.17. The fraction of sp³-hybridized carbons (Fsp3) is 0.939. The Morgan fingerprint density at radius 1 is 0.345 bits per heavy atom. The number of hydrogen-bond donors (Lipinski definition) is 0. The second-order valence-electron chi connectivity index (χ2n) is 17.7. The van der Waals surface area contributed by atoms with Crippen LogP contribution < -0.4 is 0 Å². The molecule has 0 aromatic heterocycles. The van der Waals surface area contributed by atoms with Crippen LogP contribution in [0.1, 0.15) is 266 Å². The third-order valence-corrected chi connectivity index (χ3v) is 11.0. The van der Waals surface area contributed by atoms with Crippen LogP contribution in [-0.4, -0.2) is 37.2 Å². The van der Waals surface area contributed by atoms with Gasteiger partial charge in [-0.1, -0.05) is 227 Å². The minimum atomic E-state index is -0.762. The van der Waals surface area contributed by atoms with Gasteiger partial charge in [0, 0.05) is 19.3 Å². The molecular formula is C49H94O6. The van der Waals surface area contributed by atoms with E-state index in [1.807, 2.05) is 0 Å². The van der Waals surface area contributed by atoms with Crippen LogP contribution in [0.25, 0.3) is 0 Å². The zero-order valence-electron chi connectivity index (χ0n) is 37.6. The molecule has 0 aromatic carbocycles. The van der Waals surface area contributed by atoms with Crippen molar-refractivity contribution >= 4 is 17.9 Å². The monoisotopic (exact) mass is 779 g/mol. The van der Waals surface area contributed by atoms with Crippen LogP contribution in [0, 0.1) is 11.8 Å². The van der Waals surface area contributed by atoms with Crippen molar-refractivity contribution in [3.63, 3.8) is 0 Å². The van der Waals surface area contributed by atoms with Gasteiger partial charge >= 0.3 is 17.9 Å². The summed E-state index contributed by atoms with van der Waals surface area (Å²) in [4.78, 5) is 37.7. The summed E-state index contributed by atoms with van der Waals surface area (Å²) in [5.74, 6) is 0.657. The van der Waals surface area contributed by atoms with E-state index in [9.17, 15) is 14.4 Å². The summed E-state index contributed by atoms with van der Waals surface area (Å²) < 4.78 is 16.7. The first-order valence-electron chi connectivity index (χ1n) is 24.2. The molecule has 0 spiro atoms. The topological polar surface area (TPSA) is 78.9 Å². The van der Waals surface area contributed by atoms with E-state index in [4.69, 9.17) is 14.2 Å². The minimum Gasteiger partial charge on any atom is -0.462 e. The molecule has 0 rings (SSSR count). The molecule has 0 saturated heterocycles. The molecular weight excluding hydrogens is 685 g/mol. The summed E-state index contributed by atoms with van der Waals surface area (Å²) in [5.41, 5.74) is 0. The summed E-state index contributed by atoms with van der Waals surface area (Å²) in [7, 11) is 0. The number of rotatable bonds is 43. The number of unbranched alkanes of at least 4 members (excludes halogenated alkanes) is 28. The maximum absolute atomic E-state index is 12.7. The lowest BCUT2D eigenvalue weighted by molar-refractivity contribution is -0.167. The second kappa shape index (κ2) is 42.0. The van der Waals surface area contributed by atoms with Gasteiger partial charge in [-0.15, -0.1) is 0 Å². The third kappa shape index (κ3) is 43.4. The summed E-state index contributed by atoms with van der Waals surface area (Å²) in [5, 5.41) is 0. The SMILES string of the molecule is CCCCCCCCCCCCCCCCCCCCCC(=O)OC[C@H](COC(=O)CCCCCCCCC(C)C)OC(=O)CCCCCCCCC(C)C. The van der Waals surface area contributed by atoms with Crippen LogP contribution in [0.2, 0.25) is 0 Å². The van der Waals surface area contributed by atoms with E-state index in [-0.39, 0.29) is 31.1 Å². The maximum Gasteiger partial charge on any atom is 0.306 e. The van der Waals surface area contributed by atoms with Crippen LogP contribution in [0.15, 0.2) is 0 Å². The molecule has 0 aliphatic rings. The quantitative estimate of drug-likeness (QED) is 0.0348. The number of ether oxygens (including phenoxy) is 3. The van der Waals surface area contributed by atoms with Gasteiger partial charge in [-0.25, -0.2) is 0 Å². The van der Waals surface area contributed by atoms with E-state index in [0.29, 0.717) is 19.3 Å². The van der Waals surface area contributed by atoms with Gasteiger partial charge in [0.1, 0.15) is 13.2 Å². The zero-order valence-corrected chi connectivity index (χ0v) is 37.6. The van der Waals surface area contributed by atoms with Crippen molar-refractivity contribution < 1.29 is 28.6 Å². The highest BCUT2D eigenvalue weighted by molar-refractivity contribution is 5.71. The van der Waals surface area contributed by atoms with Gasteiger partial charge in [-0.3, -0.25) is 14.4 Å². The number of esters is 3. The van der Waals surface area contributed by atoms with Gasteiger partial charge in [-0.2, -0.15) is 0 Å². The maximum atomic E-state index is 12.7. The summed E-state index contributed by atoms with van der Waals surface area (Å²) in [6, 6.07) is 0. The molecule has 55 heavy (non-hydrogen) atoms. The fourth-order valence-corrected chi connectivity index (χ4v) is 7.28. The number of carbonyl (C=O) groups excluding carboxylic acids is 3. The van der Waals surface area contributed by atoms with Crippen LogP contribution in [0.5, 0.6) is 0 Å². The molecule has 0 bridgehead atoms. The number of hydrogen-bond acceptors (Lipinski definition) is 6. The van der Waals surface area contributed by atoms with Gasteiger partial charge in [0.05, 0.1) is 0 Å². The van der Waals surface area contributed by atoms with Crippen molar-refractivity contribution in [1.29, 1.82) is 0 Å². The van der Waals surface area contributed by atoms with Gasteiger partial charge < -0.3 is 14.2 Å². The van der Waals surface area contributed by atoms with Crippen LogP contribution in [0.3, 0.4) is 0 Å². The van der Waals surface area contributed by atoms with Crippen LogP contribution in [0.4, 0.5) is 0 Å². The molecule has 0 aliphatic heterocycles. The molecule has 326 valence electrons. The Morgan fingerprint density at radius 3 is 0.891 bits per heavy atom. The molecule has 0 aliphatic carbocycles. The molecule has 0 aromatic rings. The fourth-order valence-electron chi connectivity index (χ4n) is 7.28. The third-order valence-electron chi connectivity index (χ3n) is 11.0. The Bertz CT molecular complexity index is 839. The molecule has 0 heterocycles. The molecule has 0 saturated carbocycles. The second-order valence-corrected chi connectivity index (χ2v) is 17.7. The predicted molar refractivity (Wildman–Crippen MR) is 233 cm³/mol. The lowest BCUT2D eigenvalue weighted by Gasteiger charge is -2.18. The van der Waals surface area contributed by atoms with Crippen molar-refractivity contribution in [2.75, 3.05) is 13.2 Å². The highest BCUT2D eigenvalue weighted by atomic mass is 16.6. The predicted octanol–water partition coefficient (Wildman–Crippen LogP) is 15.4. The molecule has 0 fully saturated rings. The first kappa shape index (κ1) is 53.4. The minimum absolute atomic E-state index is 0.0663. The number of carbonyl (C=O) groups is 3. The Balaban J connectivity index is 4.18. The summed E-state index contributed by atoms with van der Waals surface area (Å²) in [6.45, 7) is 11.2. The first-order valence-corrected chi connectivity index (χ1v) is 24.2. The van der Waals surface area contributed by atoms with Gasteiger partial charge in [0.15, 0.2) is 6.10 Å². The Labute approximate surface area is 342 Å². The lowest BCUT2D eigenvalue weighted by Crippen LogP contribution is -2.30. The van der Waals surface area contributed by atoms with Crippen molar-refractivity contribution in [3.05, 3.63) is 0 Å². The Hall–Kier alpha value is -1.59. The largest absolute Gasteiger partial charge is 0.462 e. The van der Waals surface area contributed by atoms with Gasteiger partial charge in [-0.05, 0) is 31.1 Å². The molecule has 6 heteroatoms. The van der Waals surface area contributed by atoms with E-state index in [1.165, 1.54) is 154 Å². The zero-order chi connectivity index (χ0) is 40.5. The van der Waals surface area contributed by atoms with Gasteiger partial charge in [0.25, 0.3) is 0 Å². The van der Waals surface area contributed by atoms with E-state index >= 15 is 0 Å². The van der Waals surface area contributed by atoms with Crippen molar-refractivity contribution in [2.45, 2.75) is 272 Å². The van der Waals surface area contributed by atoms with Crippen LogP contribution in [-0.2, 0) is 28.6 Å². The van der Waals surface area contributed by atoms with E-state index in [2.05, 4.69) is 34.6 Å². The molecule has 6 nitrogen and oxygen atoms in total. The van der Waals surface area contributed by atoms with Crippen molar-refractivity contribution in [2.24, 2.45) is 11.8 Å². The van der Waals surface area contributed by atoms with E-state index < -0.39 is 6.10 Å². The molecule has 0 N–H and O–H groups in total. The summed E-state index contributed by atoms with van der Waals surface area (Å²) >= 11 is 0. The summed E-state index contributed by atoms with van der Waals surface area (Å²) in [6.07, 6.45) is 41.3. The average Bonchev–Trinajstić information content (AvgIpc) is 3.15. The van der Waals surface area contributed by atoms with Crippen LogP contribution >= 0.6 is 0 Å². The Kier molecular flexibility index (Phi) is 40.8. The highest BCUT2D eigenvalue weighted by Gasteiger charge is 2.19. The smallest absolute Gasteiger partial charge is 0.306 e. The van der Waals surface area contributed by atoms with E-state index in [1.54, 1.807) is 0 Å². The van der Waals surface area contributed by atoms with Gasteiger partial charge in [0.2, 0.25) is 0 Å².